The number of amides is 1. The second-order valence-electron chi connectivity index (χ2n) is 5.23. The van der Waals surface area contributed by atoms with Crippen LogP contribution in [0.4, 0.5) is 0 Å². The Morgan fingerprint density at radius 2 is 1.95 bits per heavy atom. The van der Waals surface area contributed by atoms with Crippen molar-refractivity contribution in [1.29, 1.82) is 0 Å². The van der Waals surface area contributed by atoms with Gasteiger partial charge in [-0.2, -0.15) is 0 Å². The number of ether oxygens (including phenoxy) is 1. The van der Waals surface area contributed by atoms with E-state index in [1.165, 1.54) is 19.3 Å². The molecule has 0 bridgehead atoms. The van der Waals surface area contributed by atoms with Gasteiger partial charge in [-0.1, -0.05) is 26.2 Å². The van der Waals surface area contributed by atoms with Gasteiger partial charge in [0.05, 0.1) is 6.10 Å². The summed E-state index contributed by atoms with van der Waals surface area (Å²) in [5.74, 6) is 0.0326. The first-order valence-electron chi connectivity index (χ1n) is 7.27. The fourth-order valence-electron chi connectivity index (χ4n) is 2.25. The van der Waals surface area contributed by atoms with Gasteiger partial charge in [0.2, 0.25) is 5.91 Å². The number of likely N-dealkylation sites (N-methyl/N-ethyl adjacent to an activating group) is 1. The number of rotatable bonds is 7. The van der Waals surface area contributed by atoms with Crippen LogP contribution < -0.4 is 10.6 Å². The monoisotopic (exact) mass is 292 g/mol. The maximum absolute atomic E-state index is 12.0. The van der Waals surface area contributed by atoms with Gasteiger partial charge in [0.1, 0.15) is 6.10 Å². The number of nitrogens with one attached hydrogen (secondary N) is 2. The molecule has 2 unspecified atom stereocenters. The molecule has 2 atom stereocenters. The van der Waals surface area contributed by atoms with Gasteiger partial charge in [0.25, 0.3) is 0 Å². The van der Waals surface area contributed by atoms with Crippen LogP contribution in [0.2, 0.25) is 0 Å². The van der Waals surface area contributed by atoms with Gasteiger partial charge in [-0.25, -0.2) is 0 Å². The summed E-state index contributed by atoms with van der Waals surface area (Å²) in [7, 11) is 1.90. The van der Waals surface area contributed by atoms with E-state index in [1.54, 1.807) is 0 Å². The van der Waals surface area contributed by atoms with E-state index >= 15 is 0 Å². The maximum atomic E-state index is 12.0. The predicted molar refractivity (Wildman–Crippen MR) is 80.8 cm³/mol. The summed E-state index contributed by atoms with van der Waals surface area (Å²) in [5, 5.41) is 6.05. The van der Waals surface area contributed by atoms with Crippen LogP contribution >= 0.6 is 12.4 Å². The van der Waals surface area contributed by atoms with Crippen molar-refractivity contribution in [2.75, 3.05) is 13.6 Å². The van der Waals surface area contributed by atoms with Crippen molar-refractivity contribution in [3.05, 3.63) is 0 Å². The molecule has 1 aliphatic carbocycles. The lowest BCUT2D eigenvalue weighted by molar-refractivity contribution is -0.138. The molecule has 0 heterocycles. The van der Waals surface area contributed by atoms with E-state index in [-0.39, 0.29) is 30.5 Å². The highest BCUT2D eigenvalue weighted by atomic mass is 35.5. The molecule has 1 rings (SSSR count). The van der Waals surface area contributed by atoms with Crippen molar-refractivity contribution in [3.63, 3.8) is 0 Å². The largest absolute Gasteiger partial charge is 0.365 e. The Labute approximate surface area is 123 Å². The van der Waals surface area contributed by atoms with Gasteiger partial charge in [0, 0.05) is 12.6 Å². The number of hydrogen-bond donors (Lipinski definition) is 2. The highest BCUT2D eigenvalue weighted by Gasteiger charge is 2.23. The summed E-state index contributed by atoms with van der Waals surface area (Å²) in [6.07, 6.45) is 6.75. The molecule has 0 spiro atoms. The molecule has 1 amide bonds. The molecule has 2 N–H and O–H groups in total. The Morgan fingerprint density at radius 1 is 1.32 bits per heavy atom. The SMILES string of the molecule is CCC(OC1CCCCC1)C(=O)NCC(C)NC.Cl. The first kappa shape index (κ1) is 18.7. The number of carbonyl (C=O) groups excluding carboxylic acids is 1. The third-order valence-corrected chi connectivity index (χ3v) is 3.65. The Balaban J connectivity index is 0.00000324. The van der Waals surface area contributed by atoms with E-state index in [2.05, 4.69) is 10.6 Å². The van der Waals surface area contributed by atoms with Crippen molar-refractivity contribution < 1.29 is 9.53 Å². The zero-order valence-electron chi connectivity index (χ0n) is 12.4. The molecule has 0 radical (unpaired) electrons. The Kier molecular flexibility index (Phi) is 10.3. The van der Waals surface area contributed by atoms with Crippen molar-refractivity contribution in [3.8, 4) is 0 Å². The Morgan fingerprint density at radius 3 is 2.47 bits per heavy atom. The fraction of sp³-hybridized carbons (Fsp3) is 0.929. The normalized spacial score (nSPS) is 19.3. The van der Waals surface area contributed by atoms with Gasteiger partial charge in [-0.3, -0.25) is 4.79 Å². The second kappa shape index (κ2) is 10.5. The first-order chi connectivity index (χ1) is 8.67. The second-order valence-corrected chi connectivity index (χ2v) is 5.23. The highest BCUT2D eigenvalue weighted by Crippen LogP contribution is 2.22. The molecule has 4 nitrogen and oxygen atoms in total. The van der Waals surface area contributed by atoms with Crippen LogP contribution in [0.25, 0.3) is 0 Å². The van der Waals surface area contributed by atoms with Gasteiger partial charge in [-0.05, 0) is 33.2 Å². The zero-order valence-corrected chi connectivity index (χ0v) is 13.2. The fourth-order valence-corrected chi connectivity index (χ4v) is 2.25. The molecule has 1 aliphatic rings. The minimum Gasteiger partial charge on any atom is -0.365 e. The molecular formula is C14H29ClN2O2. The van der Waals surface area contributed by atoms with Gasteiger partial charge in [-0.15, -0.1) is 12.4 Å². The molecule has 114 valence electrons. The molecule has 19 heavy (non-hydrogen) atoms. The lowest BCUT2D eigenvalue weighted by Crippen LogP contribution is -2.43. The van der Waals surface area contributed by atoms with Gasteiger partial charge < -0.3 is 15.4 Å². The highest BCUT2D eigenvalue weighted by molar-refractivity contribution is 5.85. The minimum absolute atomic E-state index is 0. The first-order valence-corrected chi connectivity index (χ1v) is 7.27. The van der Waals surface area contributed by atoms with Crippen molar-refractivity contribution in [1.82, 2.24) is 10.6 Å². The summed E-state index contributed by atoms with van der Waals surface area (Å²) in [4.78, 5) is 12.0. The average molecular weight is 293 g/mol. The third-order valence-electron chi connectivity index (χ3n) is 3.65. The minimum atomic E-state index is -0.280. The third kappa shape index (κ3) is 7.14. The summed E-state index contributed by atoms with van der Waals surface area (Å²) < 4.78 is 5.94. The van der Waals surface area contributed by atoms with Crippen LogP contribution in [0, 0.1) is 0 Å². The van der Waals surface area contributed by atoms with Crippen LogP contribution in [0.15, 0.2) is 0 Å². The molecule has 1 saturated carbocycles. The molecule has 0 saturated heterocycles. The Bertz CT molecular complexity index is 246. The molecule has 1 fully saturated rings. The molecule has 0 aromatic rings. The van der Waals surface area contributed by atoms with E-state index < -0.39 is 0 Å². The van der Waals surface area contributed by atoms with Crippen LogP contribution in [0.3, 0.4) is 0 Å². The van der Waals surface area contributed by atoms with E-state index in [1.807, 2.05) is 20.9 Å². The quantitative estimate of drug-likeness (QED) is 0.757. The van der Waals surface area contributed by atoms with E-state index in [9.17, 15) is 4.79 Å². The van der Waals surface area contributed by atoms with Crippen LogP contribution in [0.5, 0.6) is 0 Å². The average Bonchev–Trinajstić information content (AvgIpc) is 2.42. The Hall–Kier alpha value is -0.320. The lowest BCUT2D eigenvalue weighted by atomic mass is 9.97. The standard InChI is InChI=1S/C14H28N2O2.ClH/c1-4-13(14(17)16-10-11(2)15-3)18-12-8-6-5-7-9-12;/h11-13,15H,4-10H2,1-3H3,(H,16,17);1H. The number of halogens is 1. The van der Waals surface area contributed by atoms with E-state index in [0.717, 1.165) is 19.3 Å². The summed E-state index contributed by atoms with van der Waals surface area (Å²) in [6.45, 7) is 4.71. The number of hydrogen-bond acceptors (Lipinski definition) is 3. The van der Waals surface area contributed by atoms with Crippen LogP contribution in [0.1, 0.15) is 52.4 Å². The summed E-state index contributed by atoms with van der Waals surface area (Å²) in [5.41, 5.74) is 0. The van der Waals surface area contributed by atoms with E-state index in [0.29, 0.717) is 12.6 Å². The lowest BCUT2D eigenvalue weighted by Gasteiger charge is -2.26. The maximum Gasteiger partial charge on any atom is 0.249 e. The van der Waals surface area contributed by atoms with Gasteiger partial charge >= 0.3 is 0 Å². The zero-order chi connectivity index (χ0) is 13.4. The van der Waals surface area contributed by atoms with Gasteiger partial charge in [0.15, 0.2) is 0 Å². The van der Waals surface area contributed by atoms with Crippen molar-refractivity contribution in [2.45, 2.75) is 70.6 Å². The van der Waals surface area contributed by atoms with E-state index in [4.69, 9.17) is 4.74 Å². The summed E-state index contributed by atoms with van der Waals surface area (Å²) >= 11 is 0. The predicted octanol–water partition coefficient (Wildman–Crippen LogP) is 2.26. The molecule has 0 aromatic carbocycles. The van der Waals surface area contributed by atoms with Crippen LogP contribution in [-0.4, -0.2) is 37.7 Å². The topological polar surface area (TPSA) is 50.4 Å². The van der Waals surface area contributed by atoms with Crippen molar-refractivity contribution in [2.24, 2.45) is 0 Å². The molecule has 0 aromatic heterocycles. The molecule has 0 aliphatic heterocycles. The number of carbonyl (C=O) groups is 1. The molecular weight excluding hydrogens is 264 g/mol. The smallest absolute Gasteiger partial charge is 0.249 e. The summed E-state index contributed by atoms with van der Waals surface area (Å²) in [6, 6.07) is 0.293. The molecule has 5 heteroatoms. The van der Waals surface area contributed by atoms with Crippen molar-refractivity contribution >= 4 is 18.3 Å². The van der Waals surface area contributed by atoms with Crippen LogP contribution in [-0.2, 0) is 9.53 Å².